The fourth-order valence-corrected chi connectivity index (χ4v) is 1.26. The molecule has 72 valence electrons. The molecule has 0 radical (unpaired) electrons. The third kappa shape index (κ3) is 3.57. The van der Waals surface area contributed by atoms with Crippen molar-refractivity contribution in [1.82, 2.24) is 0 Å². The Bertz CT molecular complexity index is 216. The van der Waals surface area contributed by atoms with Gasteiger partial charge in [0, 0.05) is 18.4 Å². The Balaban J connectivity index is 2.62. The quantitative estimate of drug-likeness (QED) is 0.628. The number of hydrogen-bond acceptors (Lipinski definition) is 2. The minimum atomic E-state index is 0.113. The molecule has 0 bridgehead atoms. The predicted octanol–water partition coefficient (Wildman–Crippen LogP) is 1.28. The highest BCUT2D eigenvalue weighted by molar-refractivity contribution is 5.12. The number of allylic oxidation sites excluding steroid dienone is 3. The zero-order valence-electron chi connectivity index (χ0n) is 7.63. The van der Waals surface area contributed by atoms with Crippen molar-refractivity contribution in [3.05, 3.63) is 36.5 Å². The molecule has 2 N–H and O–H groups in total. The van der Waals surface area contributed by atoms with Gasteiger partial charge in [0.15, 0.2) is 0 Å². The summed E-state index contributed by atoms with van der Waals surface area (Å²) in [4.78, 5) is 0. The Kier molecular flexibility index (Phi) is 4.50. The van der Waals surface area contributed by atoms with E-state index in [4.69, 9.17) is 10.2 Å². The molecule has 2 atom stereocenters. The third-order valence-corrected chi connectivity index (χ3v) is 2.12. The van der Waals surface area contributed by atoms with E-state index < -0.39 is 0 Å². The smallest absolute Gasteiger partial charge is 0.0528 e. The van der Waals surface area contributed by atoms with Gasteiger partial charge in [-0.15, -0.1) is 0 Å². The molecule has 0 aromatic rings. The molecule has 1 rings (SSSR count). The van der Waals surface area contributed by atoms with E-state index in [-0.39, 0.29) is 25.0 Å². The number of aliphatic hydroxyl groups is 2. The highest BCUT2D eigenvalue weighted by atomic mass is 16.3. The third-order valence-electron chi connectivity index (χ3n) is 2.12. The van der Waals surface area contributed by atoms with Crippen LogP contribution in [0.4, 0.5) is 0 Å². The van der Waals surface area contributed by atoms with Crippen LogP contribution in [0.3, 0.4) is 0 Å². The van der Waals surface area contributed by atoms with Gasteiger partial charge in [-0.05, 0) is 6.42 Å². The largest absolute Gasteiger partial charge is 0.396 e. The van der Waals surface area contributed by atoms with E-state index in [9.17, 15) is 0 Å². The molecular formula is C11H16O2. The molecule has 0 saturated carbocycles. The maximum atomic E-state index is 8.96. The summed E-state index contributed by atoms with van der Waals surface area (Å²) in [6.45, 7) is 0.323. The van der Waals surface area contributed by atoms with E-state index in [1.54, 1.807) is 0 Å². The molecule has 0 aliphatic heterocycles. The maximum absolute atomic E-state index is 8.96. The summed E-state index contributed by atoms with van der Waals surface area (Å²) < 4.78 is 0. The second-order valence-corrected chi connectivity index (χ2v) is 3.22. The van der Waals surface area contributed by atoms with Crippen LogP contribution >= 0.6 is 0 Å². The lowest BCUT2D eigenvalue weighted by Crippen LogP contribution is -2.01. The van der Waals surface area contributed by atoms with Crippen LogP contribution in [-0.2, 0) is 0 Å². The lowest BCUT2D eigenvalue weighted by Gasteiger charge is -2.04. The van der Waals surface area contributed by atoms with Crippen molar-refractivity contribution in [2.75, 3.05) is 13.2 Å². The van der Waals surface area contributed by atoms with Crippen molar-refractivity contribution < 1.29 is 10.2 Å². The van der Waals surface area contributed by atoms with Crippen LogP contribution < -0.4 is 0 Å². The molecule has 0 aromatic heterocycles. The fraction of sp³-hybridized carbons (Fsp3) is 0.455. The normalized spacial score (nSPS) is 35.5. The summed E-state index contributed by atoms with van der Waals surface area (Å²) in [5.41, 5.74) is 0. The van der Waals surface area contributed by atoms with E-state index in [0.717, 1.165) is 6.42 Å². The Morgan fingerprint density at radius 1 is 1.00 bits per heavy atom. The Morgan fingerprint density at radius 3 is 2.46 bits per heavy atom. The number of aliphatic hydroxyl groups excluding tert-OH is 2. The summed E-state index contributed by atoms with van der Waals surface area (Å²) in [6, 6.07) is 0. The summed E-state index contributed by atoms with van der Waals surface area (Å²) in [7, 11) is 0. The lowest BCUT2D eigenvalue weighted by atomic mass is 10.1. The van der Waals surface area contributed by atoms with Crippen LogP contribution in [0.15, 0.2) is 36.5 Å². The molecule has 2 unspecified atom stereocenters. The monoisotopic (exact) mass is 180 g/mol. The molecule has 0 amide bonds. The first-order chi connectivity index (χ1) is 6.36. The number of hydrogen-bond donors (Lipinski definition) is 2. The zero-order chi connectivity index (χ0) is 9.52. The molecule has 13 heavy (non-hydrogen) atoms. The van der Waals surface area contributed by atoms with Crippen LogP contribution in [0.2, 0.25) is 0 Å². The average molecular weight is 180 g/mol. The van der Waals surface area contributed by atoms with Crippen LogP contribution in [0.25, 0.3) is 0 Å². The molecule has 0 heterocycles. The first-order valence-electron chi connectivity index (χ1n) is 4.60. The van der Waals surface area contributed by atoms with E-state index in [1.807, 2.05) is 36.5 Å². The van der Waals surface area contributed by atoms with Crippen LogP contribution in [-0.4, -0.2) is 23.4 Å². The molecule has 0 spiro atoms. The van der Waals surface area contributed by atoms with Gasteiger partial charge >= 0.3 is 0 Å². The second kappa shape index (κ2) is 5.73. The lowest BCUT2D eigenvalue weighted by molar-refractivity contribution is 0.253. The summed E-state index contributed by atoms with van der Waals surface area (Å²) in [6.07, 6.45) is 12.6. The maximum Gasteiger partial charge on any atom is 0.0528 e. The highest BCUT2D eigenvalue weighted by Crippen LogP contribution is 2.10. The average Bonchev–Trinajstić information content (AvgIpc) is 2.28. The van der Waals surface area contributed by atoms with Gasteiger partial charge in [-0.25, -0.2) is 0 Å². The van der Waals surface area contributed by atoms with Crippen molar-refractivity contribution in [3.63, 3.8) is 0 Å². The Labute approximate surface area is 78.9 Å². The first-order valence-corrected chi connectivity index (χ1v) is 4.60. The van der Waals surface area contributed by atoms with E-state index in [1.165, 1.54) is 0 Å². The van der Waals surface area contributed by atoms with Gasteiger partial charge < -0.3 is 10.2 Å². The Hall–Kier alpha value is -0.860. The highest BCUT2D eigenvalue weighted by Gasteiger charge is 2.02. The van der Waals surface area contributed by atoms with Gasteiger partial charge in [0.2, 0.25) is 0 Å². The van der Waals surface area contributed by atoms with Gasteiger partial charge in [0.25, 0.3) is 0 Å². The van der Waals surface area contributed by atoms with Gasteiger partial charge in [0.1, 0.15) is 0 Å². The van der Waals surface area contributed by atoms with E-state index in [0.29, 0.717) is 0 Å². The predicted molar refractivity (Wildman–Crippen MR) is 53.2 cm³/mol. The molecule has 0 fully saturated rings. The van der Waals surface area contributed by atoms with Gasteiger partial charge in [-0.3, -0.25) is 0 Å². The van der Waals surface area contributed by atoms with Crippen LogP contribution in [0.5, 0.6) is 0 Å². The summed E-state index contributed by atoms with van der Waals surface area (Å²) >= 11 is 0. The summed E-state index contributed by atoms with van der Waals surface area (Å²) in [5.74, 6) is 0.320. The summed E-state index contributed by atoms with van der Waals surface area (Å²) in [5, 5.41) is 17.9. The zero-order valence-corrected chi connectivity index (χ0v) is 7.63. The number of rotatable bonds is 2. The topological polar surface area (TPSA) is 40.5 Å². The van der Waals surface area contributed by atoms with Crippen molar-refractivity contribution in [2.45, 2.75) is 6.42 Å². The van der Waals surface area contributed by atoms with Crippen LogP contribution in [0, 0.1) is 11.8 Å². The van der Waals surface area contributed by atoms with Gasteiger partial charge in [0.05, 0.1) is 6.61 Å². The van der Waals surface area contributed by atoms with Gasteiger partial charge in [-0.1, -0.05) is 36.5 Å². The minimum Gasteiger partial charge on any atom is -0.396 e. The van der Waals surface area contributed by atoms with E-state index in [2.05, 4.69) is 0 Å². The van der Waals surface area contributed by atoms with Crippen molar-refractivity contribution in [3.8, 4) is 0 Å². The van der Waals surface area contributed by atoms with Crippen LogP contribution in [0.1, 0.15) is 6.42 Å². The molecule has 1 aliphatic rings. The van der Waals surface area contributed by atoms with Crippen molar-refractivity contribution >= 4 is 0 Å². The second-order valence-electron chi connectivity index (χ2n) is 3.22. The SMILES string of the molecule is OCC1/C=C\C=C/C(CO)C/C=C\1. The molecule has 2 nitrogen and oxygen atoms in total. The standard InChI is InChI=1S/C11H16O2/c12-8-10-4-1-2-5-11(9-13)7-3-6-10/h1-6,10-13H,7-9H2/b4-1-,5-2-,6-3-. The van der Waals surface area contributed by atoms with Gasteiger partial charge in [-0.2, -0.15) is 0 Å². The fourth-order valence-electron chi connectivity index (χ4n) is 1.26. The molecular weight excluding hydrogens is 164 g/mol. The Morgan fingerprint density at radius 2 is 1.77 bits per heavy atom. The van der Waals surface area contributed by atoms with Crippen molar-refractivity contribution in [1.29, 1.82) is 0 Å². The molecule has 0 saturated heterocycles. The van der Waals surface area contributed by atoms with E-state index >= 15 is 0 Å². The molecule has 1 aliphatic carbocycles. The molecule has 2 heteroatoms. The first kappa shape index (κ1) is 10.2. The van der Waals surface area contributed by atoms with Crippen molar-refractivity contribution in [2.24, 2.45) is 11.8 Å². The molecule has 0 aromatic carbocycles. The minimum absolute atomic E-state index is 0.113.